The number of methoxy groups -OCH3 is 1. The van der Waals surface area contributed by atoms with Gasteiger partial charge in [0, 0.05) is 6.07 Å². The Morgan fingerprint density at radius 3 is 2.73 bits per heavy atom. The van der Waals surface area contributed by atoms with Crippen molar-refractivity contribution >= 4 is 28.2 Å². The number of aldehydes is 1. The van der Waals surface area contributed by atoms with Gasteiger partial charge in [-0.05, 0) is 33.1 Å². The number of nitrogens with zero attached hydrogens (tertiary/aromatic N) is 1. The van der Waals surface area contributed by atoms with Crippen molar-refractivity contribution in [2.45, 2.75) is 12.5 Å². The van der Waals surface area contributed by atoms with Gasteiger partial charge in [0.2, 0.25) is 5.88 Å². The highest BCUT2D eigenvalue weighted by Crippen LogP contribution is 2.22. The van der Waals surface area contributed by atoms with Gasteiger partial charge >= 0.3 is 5.97 Å². The Morgan fingerprint density at radius 2 is 2.05 bits per heavy atom. The zero-order valence-electron chi connectivity index (χ0n) is 11.9. The van der Waals surface area contributed by atoms with E-state index in [2.05, 4.69) is 25.7 Å². The lowest BCUT2D eigenvalue weighted by molar-refractivity contribution is -0.143. The molecule has 0 spiro atoms. The number of esters is 1. The molecule has 0 amide bonds. The summed E-state index contributed by atoms with van der Waals surface area (Å²) < 4.78 is 10.9. The Morgan fingerprint density at radius 1 is 1.27 bits per heavy atom. The van der Waals surface area contributed by atoms with E-state index in [-0.39, 0.29) is 6.61 Å². The lowest BCUT2D eigenvalue weighted by Crippen LogP contribution is -2.17. The van der Waals surface area contributed by atoms with Crippen LogP contribution in [0.3, 0.4) is 0 Å². The zero-order chi connectivity index (χ0) is 15.9. The van der Waals surface area contributed by atoms with E-state index in [4.69, 9.17) is 4.74 Å². The minimum atomic E-state index is -0.958. The van der Waals surface area contributed by atoms with E-state index < -0.39 is 11.9 Å². The highest BCUT2D eigenvalue weighted by Gasteiger charge is 2.23. The molecular weight excluding hydrogens is 350 g/mol. The van der Waals surface area contributed by atoms with Crippen LogP contribution in [0.25, 0.3) is 0 Å². The van der Waals surface area contributed by atoms with Crippen molar-refractivity contribution in [1.29, 1.82) is 0 Å². The van der Waals surface area contributed by atoms with Crippen LogP contribution < -0.4 is 4.74 Å². The maximum Gasteiger partial charge on any atom is 0.320 e. The summed E-state index contributed by atoms with van der Waals surface area (Å²) in [5.74, 6) is -1.10. The van der Waals surface area contributed by atoms with Crippen LogP contribution in [0.2, 0.25) is 0 Å². The third-order valence-corrected chi connectivity index (χ3v) is 3.49. The van der Waals surface area contributed by atoms with Crippen molar-refractivity contribution in [1.82, 2.24) is 4.98 Å². The fourth-order valence-electron chi connectivity index (χ4n) is 1.97. The molecular formula is C16H14BrNO4. The summed E-state index contributed by atoms with van der Waals surface area (Å²) in [6.07, 6.45) is 0.571. The summed E-state index contributed by atoms with van der Waals surface area (Å²) in [6, 6.07) is 12.4. The molecule has 2 rings (SSSR count). The van der Waals surface area contributed by atoms with E-state index in [1.165, 1.54) is 7.11 Å². The van der Waals surface area contributed by atoms with Gasteiger partial charge in [0.1, 0.15) is 23.4 Å². The number of hydrogen-bond donors (Lipinski definition) is 0. The highest BCUT2D eigenvalue weighted by molar-refractivity contribution is 9.10. The van der Waals surface area contributed by atoms with Crippen molar-refractivity contribution in [2.75, 3.05) is 7.11 Å². The molecule has 5 nitrogen and oxygen atoms in total. The van der Waals surface area contributed by atoms with Gasteiger partial charge in [-0.1, -0.05) is 30.3 Å². The fraction of sp³-hybridized carbons (Fsp3) is 0.188. The summed E-state index contributed by atoms with van der Waals surface area (Å²) in [6.45, 7) is 0.195. The monoisotopic (exact) mass is 363 g/mol. The maximum absolute atomic E-state index is 11.7. The third-order valence-electron chi connectivity index (χ3n) is 3.05. The Bertz CT molecular complexity index is 675. The fourth-order valence-corrected chi connectivity index (χ4v) is 2.30. The van der Waals surface area contributed by atoms with Crippen LogP contribution >= 0.6 is 15.9 Å². The molecule has 1 unspecified atom stereocenters. The Hall–Kier alpha value is -2.21. The number of carbonyl (C=O) groups is 2. The molecule has 0 saturated carbocycles. The van der Waals surface area contributed by atoms with Crippen LogP contribution in [-0.4, -0.2) is 24.3 Å². The van der Waals surface area contributed by atoms with Gasteiger partial charge in [-0.25, -0.2) is 4.98 Å². The van der Waals surface area contributed by atoms with Gasteiger partial charge in [0.05, 0.1) is 7.11 Å². The molecule has 1 heterocycles. The summed E-state index contributed by atoms with van der Waals surface area (Å²) in [5.41, 5.74) is 1.30. The molecule has 0 fully saturated rings. The highest BCUT2D eigenvalue weighted by atomic mass is 79.9. The largest absolute Gasteiger partial charge is 0.473 e. The molecule has 0 saturated heterocycles. The summed E-state index contributed by atoms with van der Waals surface area (Å²) in [7, 11) is 1.25. The molecule has 0 bridgehead atoms. The van der Waals surface area contributed by atoms with Crippen molar-refractivity contribution in [2.24, 2.45) is 0 Å². The average Bonchev–Trinajstić information content (AvgIpc) is 2.54. The van der Waals surface area contributed by atoms with Crippen molar-refractivity contribution in [3.05, 3.63) is 58.2 Å². The standard InChI is InChI=1S/C16H14BrNO4/c1-21-16(20)13(9-19)12-6-3-2-5-11(12)10-22-15-8-4-7-14(17)18-15/h2-9,13H,10H2,1H3. The summed E-state index contributed by atoms with van der Waals surface area (Å²) >= 11 is 3.27. The molecule has 0 aliphatic carbocycles. The van der Waals surface area contributed by atoms with E-state index in [0.29, 0.717) is 22.3 Å². The number of carbonyl (C=O) groups excluding carboxylic acids is 2. The molecule has 0 radical (unpaired) electrons. The minimum absolute atomic E-state index is 0.195. The molecule has 1 aromatic heterocycles. The molecule has 2 aromatic rings. The topological polar surface area (TPSA) is 65.5 Å². The first-order valence-corrected chi connectivity index (χ1v) is 7.31. The molecule has 114 valence electrons. The van der Waals surface area contributed by atoms with E-state index in [0.717, 1.165) is 5.56 Å². The van der Waals surface area contributed by atoms with Gasteiger partial charge in [0.15, 0.2) is 0 Å². The Labute approximate surface area is 136 Å². The number of aromatic nitrogens is 1. The number of benzene rings is 1. The van der Waals surface area contributed by atoms with Crippen molar-refractivity contribution in [3.8, 4) is 5.88 Å². The van der Waals surface area contributed by atoms with E-state index in [9.17, 15) is 9.59 Å². The normalized spacial score (nSPS) is 11.5. The number of pyridine rings is 1. The number of ether oxygens (including phenoxy) is 2. The van der Waals surface area contributed by atoms with Crippen LogP contribution in [0.5, 0.6) is 5.88 Å². The average molecular weight is 364 g/mol. The van der Waals surface area contributed by atoms with E-state index >= 15 is 0 Å². The maximum atomic E-state index is 11.7. The van der Waals surface area contributed by atoms with Crippen LogP contribution in [-0.2, 0) is 20.9 Å². The molecule has 0 aliphatic rings. The molecule has 0 N–H and O–H groups in total. The van der Waals surface area contributed by atoms with Crippen LogP contribution in [0.1, 0.15) is 17.0 Å². The molecule has 22 heavy (non-hydrogen) atoms. The van der Waals surface area contributed by atoms with E-state index in [1.54, 1.807) is 36.4 Å². The second-order valence-corrected chi connectivity index (χ2v) is 5.24. The quantitative estimate of drug-likeness (QED) is 0.341. The summed E-state index contributed by atoms with van der Waals surface area (Å²) in [4.78, 5) is 27.1. The zero-order valence-corrected chi connectivity index (χ0v) is 13.4. The first-order valence-electron chi connectivity index (χ1n) is 6.52. The smallest absolute Gasteiger partial charge is 0.320 e. The molecule has 1 aromatic carbocycles. The molecule has 1 atom stereocenters. The Balaban J connectivity index is 2.21. The lowest BCUT2D eigenvalue weighted by atomic mass is 9.95. The first kappa shape index (κ1) is 16.2. The second-order valence-electron chi connectivity index (χ2n) is 4.42. The molecule has 0 aliphatic heterocycles. The Kier molecular flexibility index (Phi) is 5.66. The van der Waals surface area contributed by atoms with Gasteiger partial charge in [-0.3, -0.25) is 4.79 Å². The van der Waals surface area contributed by atoms with Crippen molar-refractivity contribution in [3.63, 3.8) is 0 Å². The SMILES string of the molecule is COC(=O)C(C=O)c1ccccc1COc1cccc(Br)n1. The van der Waals surface area contributed by atoms with Crippen LogP contribution in [0.15, 0.2) is 47.1 Å². The predicted octanol–water partition coefficient (Wildman–Crippen LogP) is 2.88. The first-order chi connectivity index (χ1) is 10.7. The lowest BCUT2D eigenvalue weighted by Gasteiger charge is -2.14. The number of halogens is 1. The third kappa shape index (κ3) is 3.92. The van der Waals surface area contributed by atoms with Gasteiger partial charge < -0.3 is 14.3 Å². The van der Waals surface area contributed by atoms with Gasteiger partial charge in [0.25, 0.3) is 0 Å². The summed E-state index contributed by atoms with van der Waals surface area (Å²) in [5, 5.41) is 0. The number of hydrogen-bond acceptors (Lipinski definition) is 5. The molecule has 6 heteroatoms. The minimum Gasteiger partial charge on any atom is -0.473 e. The van der Waals surface area contributed by atoms with Crippen molar-refractivity contribution < 1.29 is 19.1 Å². The predicted molar refractivity (Wildman–Crippen MR) is 83.5 cm³/mol. The van der Waals surface area contributed by atoms with E-state index in [1.807, 2.05) is 6.07 Å². The van der Waals surface area contributed by atoms with Gasteiger partial charge in [-0.2, -0.15) is 0 Å². The van der Waals surface area contributed by atoms with Gasteiger partial charge in [-0.15, -0.1) is 0 Å². The number of rotatable bonds is 6. The van der Waals surface area contributed by atoms with Crippen LogP contribution in [0, 0.1) is 0 Å². The second kappa shape index (κ2) is 7.70. The van der Waals surface area contributed by atoms with Crippen LogP contribution in [0.4, 0.5) is 0 Å².